The Morgan fingerprint density at radius 1 is 1.27 bits per heavy atom. The second kappa shape index (κ2) is 9.02. The first kappa shape index (κ1) is 19.5. The Morgan fingerprint density at radius 3 is 2.73 bits per heavy atom. The van der Waals surface area contributed by atoms with E-state index in [9.17, 15) is 14.9 Å². The number of benzene rings is 2. The van der Waals surface area contributed by atoms with Gasteiger partial charge >= 0.3 is 5.69 Å². The van der Waals surface area contributed by atoms with Crippen molar-refractivity contribution in [2.24, 2.45) is 5.10 Å². The number of rotatable bonds is 7. The van der Waals surface area contributed by atoms with E-state index in [1.165, 1.54) is 31.5 Å². The van der Waals surface area contributed by atoms with Crippen LogP contribution in [0.4, 0.5) is 5.69 Å². The van der Waals surface area contributed by atoms with Gasteiger partial charge in [-0.25, -0.2) is 5.43 Å². The van der Waals surface area contributed by atoms with Crippen LogP contribution in [0.15, 0.2) is 41.5 Å². The second-order valence-electron chi connectivity index (χ2n) is 4.84. The molecular weight excluding hydrogens is 385 g/mol. The first-order chi connectivity index (χ1) is 12.4. The first-order valence-corrected chi connectivity index (χ1v) is 7.88. The fourth-order valence-corrected chi connectivity index (χ4v) is 2.21. The summed E-state index contributed by atoms with van der Waals surface area (Å²) in [5, 5.41) is 15.4. The van der Waals surface area contributed by atoms with E-state index in [1.54, 1.807) is 18.2 Å². The number of halogens is 2. The molecule has 0 bridgehead atoms. The molecule has 1 amide bonds. The summed E-state index contributed by atoms with van der Waals surface area (Å²) in [5.41, 5.74) is 2.45. The van der Waals surface area contributed by atoms with Gasteiger partial charge < -0.3 is 9.47 Å². The molecule has 2 aromatic rings. The molecule has 0 aliphatic heterocycles. The molecule has 0 saturated carbocycles. The Bertz CT molecular complexity index is 858. The zero-order chi connectivity index (χ0) is 19.1. The number of carbonyl (C=O) groups is 1. The van der Waals surface area contributed by atoms with Crippen molar-refractivity contribution in [2.45, 2.75) is 0 Å². The lowest BCUT2D eigenvalue weighted by Crippen LogP contribution is -2.24. The number of methoxy groups -OCH3 is 1. The Balaban J connectivity index is 1.93. The lowest BCUT2D eigenvalue weighted by atomic mass is 10.2. The van der Waals surface area contributed by atoms with E-state index < -0.39 is 10.8 Å². The Labute approximate surface area is 158 Å². The number of carbonyl (C=O) groups excluding carboxylic acids is 1. The number of nitrogens with one attached hydrogen (secondary N) is 1. The van der Waals surface area contributed by atoms with Crippen LogP contribution in [-0.2, 0) is 4.79 Å². The minimum Gasteiger partial charge on any atom is -0.490 e. The summed E-state index contributed by atoms with van der Waals surface area (Å²) in [7, 11) is 1.34. The zero-order valence-electron chi connectivity index (χ0n) is 13.4. The maximum atomic E-state index is 11.7. The largest absolute Gasteiger partial charge is 0.490 e. The summed E-state index contributed by atoms with van der Waals surface area (Å²) in [5.74, 6) is -0.146. The summed E-state index contributed by atoms with van der Waals surface area (Å²) < 4.78 is 10.2. The summed E-state index contributed by atoms with van der Waals surface area (Å²) >= 11 is 11.7. The highest BCUT2D eigenvalue weighted by molar-refractivity contribution is 6.34. The van der Waals surface area contributed by atoms with Crippen molar-refractivity contribution in [1.29, 1.82) is 0 Å². The molecule has 0 atom stereocenters. The van der Waals surface area contributed by atoms with Gasteiger partial charge in [0.2, 0.25) is 0 Å². The number of ether oxygens (including phenoxy) is 2. The van der Waals surface area contributed by atoms with Crippen LogP contribution in [0.3, 0.4) is 0 Å². The highest BCUT2D eigenvalue weighted by Crippen LogP contribution is 2.28. The van der Waals surface area contributed by atoms with Crippen LogP contribution in [0.25, 0.3) is 0 Å². The van der Waals surface area contributed by atoms with Gasteiger partial charge in [-0.2, -0.15) is 5.10 Å². The second-order valence-corrected chi connectivity index (χ2v) is 5.69. The van der Waals surface area contributed by atoms with Crippen LogP contribution in [0.1, 0.15) is 5.56 Å². The normalized spacial score (nSPS) is 10.6. The van der Waals surface area contributed by atoms with E-state index >= 15 is 0 Å². The molecule has 0 aliphatic carbocycles. The predicted octanol–water partition coefficient (Wildman–Crippen LogP) is 3.44. The third-order valence-electron chi connectivity index (χ3n) is 3.05. The molecular formula is C16H13Cl2N3O5. The number of nitrogens with zero attached hydrogens (tertiary/aromatic N) is 2. The van der Waals surface area contributed by atoms with Gasteiger partial charge in [0.25, 0.3) is 5.91 Å². The molecule has 136 valence electrons. The first-order valence-electron chi connectivity index (χ1n) is 7.13. The van der Waals surface area contributed by atoms with Crippen LogP contribution < -0.4 is 14.9 Å². The molecule has 0 fully saturated rings. The van der Waals surface area contributed by atoms with E-state index in [-0.39, 0.29) is 23.8 Å². The van der Waals surface area contributed by atoms with Gasteiger partial charge in [-0.15, -0.1) is 0 Å². The lowest BCUT2D eigenvalue weighted by Gasteiger charge is -2.07. The molecule has 0 heterocycles. The van der Waals surface area contributed by atoms with Crippen LogP contribution in [0.5, 0.6) is 11.5 Å². The average Bonchev–Trinajstić information content (AvgIpc) is 2.62. The van der Waals surface area contributed by atoms with Crippen molar-refractivity contribution < 1.29 is 19.2 Å². The molecule has 0 spiro atoms. The molecule has 2 aromatic carbocycles. The molecule has 0 unspecified atom stereocenters. The van der Waals surface area contributed by atoms with Gasteiger partial charge in [0.1, 0.15) is 5.75 Å². The number of hydrogen-bond acceptors (Lipinski definition) is 6. The maximum absolute atomic E-state index is 11.7. The van der Waals surface area contributed by atoms with Crippen LogP contribution in [0.2, 0.25) is 10.0 Å². The van der Waals surface area contributed by atoms with Crippen molar-refractivity contribution in [2.75, 3.05) is 13.7 Å². The molecule has 26 heavy (non-hydrogen) atoms. The molecule has 2 rings (SSSR count). The SMILES string of the molecule is COc1ccc(/C=N/NC(=O)COc2cc(Cl)ccc2Cl)cc1[N+](=O)[O-]. The van der Waals surface area contributed by atoms with Gasteiger partial charge in [-0.05, 0) is 24.3 Å². The molecule has 8 nitrogen and oxygen atoms in total. The summed E-state index contributed by atoms with van der Waals surface area (Å²) in [6.45, 7) is -0.333. The fourth-order valence-electron chi connectivity index (χ4n) is 1.87. The predicted molar refractivity (Wildman–Crippen MR) is 97.3 cm³/mol. The van der Waals surface area contributed by atoms with Crippen molar-refractivity contribution in [3.05, 3.63) is 62.1 Å². The minimum absolute atomic E-state index is 0.128. The van der Waals surface area contributed by atoms with Gasteiger partial charge in [0.15, 0.2) is 12.4 Å². The van der Waals surface area contributed by atoms with Crippen molar-refractivity contribution >= 4 is 41.0 Å². The molecule has 0 aromatic heterocycles. The van der Waals surface area contributed by atoms with E-state index in [1.807, 2.05) is 0 Å². The fraction of sp³-hybridized carbons (Fsp3) is 0.125. The summed E-state index contributed by atoms with van der Waals surface area (Å²) in [6, 6.07) is 8.89. The van der Waals surface area contributed by atoms with Gasteiger partial charge in [-0.3, -0.25) is 14.9 Å². The van der Waals surface area contributed by atoms with Gasteiger partial charge in [-0.1, -0.05) is 23.2 Å². The quantitative estimate of drug-likeness (QED) is 0.437. The van der Waals surface area contributed by atoms with E-state index in [0.717, 1.165) is 0 Å². The average molecular weight is 398 g/mol. The third kappa shape index (κ3) is 5.33. The third-order valence-corrected chi connectivity index (χ3v) is 3.60. The Hall–Kier alpha value is -2.84. The number of nitro groups is 1. The number of hydrazone groups is 1. The van der Waals surface area contributed by atoms with E-state index in [0.29, 0.717) is 15.6 Å². The molecule has 0 radical (unpaired) electrons. The van der Waals surface area contributed by atoms with Crippen LogP contribution >= 0.6 is 23.2 Å². The summed E-state index contributed by atoms with van der Waals surface area (Å²) in [4.78, 5) is 22.1. The molecule has 0 saturated heterocycles. The summed E-state index contributed by atoms with van der Waals surface area (Å²) in [6.07, 6.45) is 1.26. The topological polar surface area (TPSA) is 103 Å². The van der Waals surface area contributed by atoms with Crippen molar-refractivity contribution in [3.8, 4) is 11.5 Å². The minimum atomic E-state index is -0.572. The van der Waals surface area contributed by atoms with Gasteiger partial charge in [0.05, 0.1) is 23.3 Å². The van der Waals surface area contributed by atoms with E-state index in [2.05, 4.69) is 10.5 Å². The van der Waals surface area contributed by atoms with Gasteiger partial charge in [0, 0.05) is 22.7 Å². The van der Waals surface area contributed by atoms with Crippen molar-refractivity contribution in [1.82, 2.24) is 5.43 Å². The standard InChI is InChI=1S/C16H13Cl2N3O5/c1-25-14-5-2-10(6-13(14)21(23)24)8-19-20-16(22)9-26-15-7-11(17)3-4-12(15)18/h2-8H,9H2,1H3,(H,20,22)/b19-8+. The highest BCUT2D eigenvalue weighted by Gasteiger charge is 2.14. The number of nitro benzene ring substituents is 1. The lowest BCUT2D eigenvalue weighted by molar-refractivity contribution is -0.385. The maximum Gasteiger partial charge on any atom is 0.311 e. The highest BCUT2D eigenvalue weighted by atomic mass is 35.5. The molecule has 1 N–H and O–H groups in total. The van der Waals surface area contributed by atoms with Crippen LogP contribution in [0, 0.1) is 10.1 Å². The van der Waals surface area contributed by atoms with Crippen molar-refractivity contribution in [3.63, 3.8) is 0 Å². The number of amides is 1. The van der Waals surface area contributed by atoms with Crippen LogP contribution in [-0.4, -0.2) is 30.8 Å². The molecule has 10 heteroatoms. The molecule has 0 aliphatic rings. The Morgan fingerprint density at radius 2 is 2.04 bits per heavy atom. The smallest absolute Gasteiger partial charge is 0.311 e. The zero-order valence-corrected chi connectivity index (χ0v) is 15.0. The Kier molecular flexibility index (Phi) is 6.76. The number of hydrogen-bond donors (Lipinski definition) is 1. The monoisotopic (exact) mass is 397 g/mol. The van der Waals surface area contributed by atoms with E-state index in [4.69, 9.17) is 32.7 Å².